The molecule has 116 valence electrons. The minimum Gasteiger partial charge on any atom is -0.319 e. The molecule has 0 spiro atoms. The number of carbonyl (C=O) groups excluding carboxylic acids is 1. The van der Waals surface area contributed by atoms with Crippen LogP contribution >= 0.6 is 34.5 Å². The van der Waals surface area contributed by atoms with Crippen LogP contribution in [-0.4, -0.2) is 10.9 Å². The molecule has 2 aromatic carbocycles. The van der Waals surface area contributed by atoms with Crippen molar-refractivity contribution >= 4 is 46.1 Å². The van der Waals surface area contributed by atoms with E-state index in [1.807, 2.05) is 30.3 Å². The maximum absolute atomic E-state index is 12.3. The minimum absolute atomic E-state index is 0.287. The topological polar surface area (TPSA) is 42.0 Å². The van der Waals surface area contributed by atoms with Crippen molar-refractivity contribution in [2.75, 3.05) is 5.32 Å². The maximum Gasteiger partial charge on any atom is 0.275 e. The van der Waals surface area contributed by atoms with E-state index in [1.165, 1.54) is 11.3 Å². The molecule has 0 radical (unpaired) electrons. The summed E-state index contributed by atoms with van der Waals surface area (Å²) in [4.78, 5) is 16.6. The molecular formula is C17H12Cl2N2OS. The lowest BCUT2D eigenvalue weighted by molar-refractivity contribution is 0.102. The lowest BCUT2D eigenvalue weighted by Crippen LogP contribution is -2.12. The van der Waals surface area contributed by atoms with Gasteiger partial charge in [-0.05, 0) is 23.8 Å². The zero-order valence-electron chi connectivity index (χ0n) is 11.9. The minimum atomic E-state index is -0.287. The van der Waals surface area contributed by atoms with Gasteiger partial charge in [0.05, 0.1) is 15.7 Å². The molecule has 0 aliphatic heterocycles. The first-order valence-corrected chi connectivity index (χ1v) is 8.50. The van der Waals surface area contributed by atoms with Gasteiger partial charge in [0.25, 0.3) is 5.91 Å². The average molecular weight is 363 g/mol. The number of hydrogen-bond acceptors (Lipinski definition) is 3. The molecule has 0 bridgehead atoms. The third-order valence-electron chi connectivity index (χ3n) is 3.16. The molecule has 1 N–H and O–H groups in total. The number of nitrogens with zero attached hydrogens (tertiary/aromatic N) is 1. The Morgan fingerprint density at radius 3 is 2.65 bits per heavy atom. The van der Waals surface area contributed by atoms with Crippen molar-refractivity contribution in [1.82, 2.24) is 4.98 Å². The van der Waals surface area contributed by atoms with Gasteiger partial charge in [-0.3, -0.25) is 4.79 Å². The van der Waals surface area contributed by atoms with Gasteiger partial charge in [0, 0.05) is 16.8 Å². The molecule has 0 aliphatic rings. The summed E-state index contributed by atoms with van der Waals surface area (Å²) in [6, 6.07) is 14.9. The fraction of sp³-hybridized carbons (Fsp3) is 0.0588. The Morgan fingerprint density at radius 2 is 1.91 bits per heavy atom. The zero-order chi connectivity index (χ0) is 16.2. The van der Waals surface area contributed by atoms with E-state index in [9.17, 15) is 4.79 Å². The number of amides is 1. The van der Waals surface area contributed by atoms with Gasteiger partial charge < -0.3 is 5.32 Å². The van der Waals surface area contributed by atoms with E-state index in [-0.39, 0.29) is 5.91 Å². The predicted molar refractivity (Wildman–Crippen MR) is 95.8 cm³/mol. The zero-order valence-corrected chi connectivity index (χ0v) is 14.3. The van der Waals surface area contributed by atoms with Crippen LogP contribution in [0, 0.1) is 0 Å². The summed E-state index contributed by atoms with van der Waals surface area (Å²) < 4.78 is 0. The molecule has 0 unspecified atom stereocenters. The van der Waals surface area contributed by atoms with Gasteiger partial charge in [0.2, 0.25) is 0 Å². The van der Waals surface area contributed by atoms with E-state index in [1.54, 1.807) is 23.6 Å². The average Bonchev–Trinajstić information content (AvgIpc) is 3.00. The number of benzene rings is 2. The molecule has 23 heavy (non-hydrogen) atoms. The number of halogens is 2. The normalized spacial score (nSPS) is 10.5. The Morgan fingerprint density at radius 1 is 1.13 bits per heavy atom. The fourth-order valence-corrected chi connectivity index (χ4v) is 3.31. The van der Waals surface area contributed by atoms with E-state index in [4.69, 9.17) is 23.2 Å². The van der Waals surface area contributed by atoms with Crippen LogP contribution in [0.25, 0.3) is 0 Å². The largest absolute Gasteiger partial charge is 0.319 e. The van der Waals surface area contributed by atoms with Crippen LogP contribution < -0.4 is 5.32 Å². The fourth-order valence-electron chi connectivity index (χ4n) is 2.04. The van der Waals surface area contributed by atoms with E-state index in [0.29, 0.717) is 27.8 Å². The van der Waals surface area contributed by atoms with Gasteiger partial charge in [-0.25, -0.2) is 4.98 Å². The van der Waals surface area contributed by atoms with E-state index in [0.717, 1.165) is 10.6 Å². The monoisotopic (exact) mass is 362 g/mol. The van der Waals surface area contributed by atoms with Crippen LogP contribution in [0.15, 0.2) is 53.9 Å². The second kappa shape index (κ2) is 7.13. The van der Waals surface area contributed by atoms with Crippen LogP contribution in [0.2, 0.25) is 10.0 Å². The van der Waals surface area contributed by atoms with Crippen molar-refractivity contribution in [1.29, 1.82) is 0 Å². The molecule has 0 saturated carbocycles. The smallest absolute Gasteiger partial charge is 0.275 e. The summed E-state index contributed by atoms with van der Waals surface area (Å²) in [6.07, 6.45) is 0.709. The predicted octanol–water partition coefficient (Wildman–Crippen LogP) is 5.29. The molecule has 0 saturated heterocycles. The summed E-state index contributed by atoms with van der Waals surface area (Å²) in [5.41, 5.74) is 2.06. The van der Waals surface area contributed by atoms with E-state index >= 15 is 0 Å². The van der Waals surface area contributed by atoms with E-state index < -0.39 is 0 Å². The lowest BCUT2D eigenvalue weighted by atomic mass is 10.2. The number of anilines is 1. The van der Waals surface area contributed by atoms with Crippen molar-refractivity contribution in [2.24, 2.45) is 0 Å². The third-order valence-corrected chi connectivity index (χ3v) is 4.56. The Hall–Kier alpha value is -1.88. The van der Waals surface area contributed by atoms with Gasteiger partial charge in [0.15, 0.2) is 0 Å². The van der Waals surface area contributed by atoms with Crippen LogP contribution in [0.1, 0.15) is 21.1 Å². The second-order valence-corrected chi connectivity index (χ2v) is 6.65. The van der Waals surface area contributed by atoms with Crippen LogP contribution in [0.4, 0.5) is 5.69 Å². The molecule has 6 heteroatoms. The molecule has 0 atom stereocenters. The van der Waals surface area contributed by atoms with Gasteiger partial charge in [-0.2, -0.15) is 0 Å². The number of rotatable bonds is 4. The molecule has 3 rings (SSSR count). The summed E-state index contributed by atoms with van der Waals surface area (Å²) in [5.74, 6) is -0.287. The first-order chi connectivity index (χ1) is 11.1. The Balaban J connectivity index is 1.71. The van der Waals surface area contributed by atoms with Crippen molar-refractivity contribution in [3.63, 3.8) is 0 Å². The van der Waals surface area contributed by atoms with Crippen molar-refractivity contribution in [2.45, 2.75) is 6.42 Å². The van der Waals surface area contributed by atoms with Gasteiger partial charge in [-0.1, -0.05) is 53.5 Å². The molecule has 3 nitrogen and oxygen atoms in total. The Kier molecular flexibility index (Phi) is 4.96. The number of thiazole rings is 1. The molecule has 1 heterocycles. The van der Waals surface area contributed by atoms with Crippen LogP contribution in [0.5, 0.6) is 0 Å². The quantitative estimate of drug-likeness (QED) is 0.684. The van der Waals surface area contributed by atoms with Crippen molar-refractivity contribution in [3.05, 3.63) is 80.2 Å². The first-order valence-electron chi connectivity index (χ1n) is 6.86. The summed E-state index contributed by atoms with van der Waals surface area (Å²) in [7, 11) is 0. The second-order valence-electron chi connectivity index (χ2n) is 4.87. The molecule has 3 aromatic rings. The number of aromatic nitrogens is 1. The molecule has 0 aliphatic carbocycles. The number of nitrogens with one attached hydrogen (secondary N) is 1. The summed E-state index contributed by atoms with van der Waals surface area (Å²) in [5, 5.41) is 6.30. The van der Waals surface area contributed by atoms with Crippen molar-refractivity contribution in [3.8, 4) is 0 Å². The molecule has 0 fully saturated rings. The number of carbonyl (C=O) groups is 1. The highest BCUT2D eigenvalue weighted by atomic mass is 35.5. The Labute approximate surface area is 147 Å². The molecule has 1 amide bonds. The lowest BCUT2D eigenvalue weighted by Gasteiger charge is -2.05. The SMILES string of the molecule is O=C(Nc1ccc(Cl)cc1Cl)c1csc(Cc2ccccc2)n1. The highest BCUT2D eigenvalue weighted by Crippen LogP contribution is 2.26. The highest BCUT2D eigenvalue weighted by Gasteiger charge is 2.13. The Bertz CT molecular complexity index is 834. The third kappa shape index (κ3) is 4.10. The first kappa shape index (κ1) is 16.0. The molecule has 1 aromatic heterocycles. The van der Waals surface area contributed by atoms with Crippen LogP contribution in [0.3, 0.4) is 0 Å². The highest BCUT2D eigenvalue weighted by molar-refractivity contribution is 7.09. The van der Waals surface area contributed by atoms with Gasteiger partial charge >= 0.3 is 0 Å². The summed E-state index contributed by atoms with van der Waals surface area (Å²) >= 11 is 13.4. The molecular weight excluding hydrogens is 351 g/mol. The van der Waals surface area contributed by atoms with Gasteiger partial charge in [-0.15, -0.1) is 11.3 Å². The van der Waals surface area contributed by atoms with Gasteiger partial charge in [0.1, 0.15) is 5.69 Å². The number of hydrogen-bond donors (Lipinski definition) is 1. The standard InChI is InChI=1S/C17H12Cl2N2OS/c18-12-6-7-14(13(19)9-12)21-17(22)15-10-23-16(20-15)8-11-4-2-1-3-5-11/h1-7,9-10H,8H2,(H,21,22). The maximum atomic E-state index is 12.3. The van der Waals surface area contributed by atoms with Crippen LogP contribution in [-0.2, 0) is 6.42 Å². The summed E-state index contributed by atoms with van der Waals surface area (Å²) in [6.45, 7) is 0. The van der Waals surface area contributed by atoms with E-state index in [2.05, 4.69) is 10.3 Å². The van der Waals surface area contributed by atoms with Crippen molar-refractivity contribution < 1.29 is 4.79 Å².